The third kappa shape index (κ3) is 5.77. The van der Waals surface area contributed by atoms with Crippen LogP contribution in [-0.4, -0.2) is 28.3 Å². The molecule has 0 spiro atoms. The highest BCUT2D eigenvalue weighted by Gasteiger charge is 2.32. The molecule has 0 aromatic rings. The van der Waals surface area contributed by atoms with Crippen molar-refractivity contribution in [3.8, 4) is 0 Å². The molecular formula is C14H23NO4. The molecule has 0 radical (unpaired) electrons. The maximum atomic E-state index is 11.9. The second-order valence-electron chi connectivity index (χ2n) is 6.02. The molecule has 5 nitrogen and oxygen atoms in total. The Bertz CT molecular complexity index is 362. The highest BCUT2D eigenvalue weighted by atomic mass is 16.6. The average Bonchev–Trinajstić information content (AvgIpc) is 2.25. The molecule has 19 heavy (non-hydrogen) atoms. The molecule has 0 aromatic carbocycles. The zero-order valence-corrected chi connectivity index (χ0v) is 11.9. The molecule has 0 aromatic heterocycles. The molecule has 0 saturated heterocycles. The Morgan fingerprint density at radius 2 is 1.79 bits per heavy atom. The van der Waals surface area contributed by atoms with Gasteiger partial charge in [0.2, 0.25) is 0 Å². The van der Waals surface area contributed by atoms with Crippen LogP contribution in [0.15, 0.2) is 12.2 Å². The fraction of sp³-hybridized carbons (Fsp3) is 0.714. The van der Waals surface area contributed by atoms with Gasteiger partial charge in [-0.2, -0.15) is 0 Å². The Balaban J connectivity index is 2.74. The minimum Gasteiger partial charge on any atom is -0.478 e. The summed E-state index contributed by atoms with van der Waals surface area (Å²) in [7, 11) is 0. The van der Waals surface area contributed by atoms with Crippen LogP contribution in [-0.2, 0) is 9.53 Å². The highest BCUT2D eigenvalue weighted by Crippen LogP contribution is 2.29. The van der Waals surface area contributed by atoms with Crippen molar-refractivity contribution < 1.29 is 19.4 Å². The summed E-state index contributed by atoms with van der Waals surface area (Å²) < 4.78 is 5.24. The van der Waals surface area contributed by atoms with Crippen LogP contribution in [0.25, 0.3) is 0 Å². The number of ether oxygens (including phenoxy) is 1. The SMILES string of the molecule is CC(C)(C)OC(=O)NC1(/C=C/C(=O)O)CCCCC1. The van der Waals surface area contributed by atoms with Gasteiger partial charge in [0.05, 0.1) is 5.54 Å². The van der Waals surface area contributed by atoms with E-state index in [9.17, 15) is 9.59 Å². The molecule has 0 aliphatic heterocycles. The monoisotopic (exact) mass is 269 g/mol. The summed E-state index contributed by atoms with van der Waals surface area (Å²) in [6.45, 7) is 5.40. The van der Waals surface area contributed by atoms with Gasteiger partial charge in [0, 0.05) is 6.08 Å². The maximum absolute atomic E-state index is 11.9. The molecular weight excluding hydrogens is 246 g/mol. The average molecular weight is 269 g/mol. The van der Waals surface area contributed by atoms with Gasteiger partial charge in [-0.1, -0.05) is 25.3 Å². The summed E-state index contributed by atoms with van der Waals surface area (Å²) in [5.41, 5.74) is -1.14. The summed E-state index contributed by atoms with van der Waals surface area (Å²) in [6, 6.07) is 0. The van der Waals surface area contributed by atoms with E-state index in [-0.39, 0.29) is 0 Å². The quantitative estimate of drug-likeness (QED) is 0.772. The number of nitrogens with one attached hydrogen (secondary N) is 1. The molecule has 0 atom stereocenters. The standard InChI is InChI=1S/C14H23NO4/c1-13(2,3)19-12(18)15-14(10-7-11(16)17)8-5-4-6-9-14/h7,10H,4-6,8-9H2,1-3H3,(H,15,18)(H,16,17)/b10-7+. The summed E-state index contributed by atoms with van der Waals surface area (Å²) in [5.74, 6) is -1.00. The minimum atomic E-state index is -1.00. The lowest BCUT2D eigenvalue weighted by Crippen LogP contribution is -2.50. The van der Waals surface area contributed by atoms with Crippen molar-refractivity contribution in [3.63, 3.8) is 0 Å². The van der Waals surface area contributed by atoms with Crippen molar-refractivity contribution in [1.29, 1.82) is 0 Å². The molecule has 0 heterocycles. The number of carboxylic acids is 1. The van der Waals surface area contributed by atoms with E-state index in [1.54, 1.807) is 26.8 Å². The van der Waals surface area contributed by atoms with E-state index in [1.165, 1.54) is 0 Å². The number of hydrogen-bond donors (Lipinski definition) is 2. The highest BCUT2D eigenvalue weighted by molar-refractivity contribution is 5.80. The number of carbonyl (C=O) groups excluding carboxylic acids is 1. The lowest BCUT2D eigenvalue weighted by Gasteiger charge is -2.36. The van der Waals surface area contributed by atoms with E-state index in [4.69, 9.17) is 9.84 Å². The van der Waals surface area contributed by atoms with Crippen LogP contribution in [0, 0.1) is 0 Å². The third-order valence-electron chi connectivity index (χ3n) is 3.04. The van der Waals surface area contributed by atoms with E-state index in [0.29, 0.717) is 0 Å². The van der Waals surface area contributed by atoms with Crippen molar-refractivity contribution in [2.75, 3.05) is 0 Å². The van der Waals surface area contributed by atoms with Crippen LogP contribution < -0.4 is 5.32 Å². The molecule has 5 heteroatoms. The van der Waals surface area contributed by atoms with Gasteiger partial charge in [0.1, 0.15) is 5.60 Å². The van der Waals surface area contributed by atoms with Gasteiger partial charge < -0.3 is 15.2 Å². The number of alkyl carbamates (subject to hydrolysis) is 1. The first-order chi connectivity index (χ1) is 8.72. The van der Waals surface area contributed by atoms with E-state index in [2.05, 4.69) is 5.32 Å². The van der Waals surface area contributed by atoms with Crippen LogP contribution in [0.4, 0.5) is 4.79 Å². The van der Waals surface area contributed by atoms with Crippen LogP contribution in [0.2, 0.25) is 0 Å². The number of amides is 1. The molecule has 1 fully saturated rings. The van der Waals surface area contributed by atoms with Crippen molar-refractivity contribution in [1.82, 2.24) is 5.32 Å². The first-order valence-corrected chi connectivity index (χ1v) is 6.66. The van der Waals surface area contributed by atoms with Crippen LogP contribution in [0.1, 0.15) is 52.9 Å². The van der Waals surface area contributed by atoms with Crippen molar-refractivity contribution >= 4 is 12.1 Å². The Morgan fingerprint density at radius 1 is 1.21 bits per heavy atom. The van der Waals surface area contributed by atoms with Gasteiger partial charge >= 0.3 is 12.1 Å². The van der Waals surface area contributed by atoms with Crippen LogP contribution in [0.5, 0.6) is 0 Å². The Morgan fingerprint density at radius 3 is 2.26 bits per heavy atom. The van der Waals surface area contributed by atoms with Gasteiger partial charge in [-0.3, -0.25) is 0 Å². The van der Waals surface area contributed by atoms with Crippen molar-refractivity contribution in [3.05, 3.63) is 12.2 Å². The fourth-order valence-corrected chi connectivity index (χ4v) is 2.25. The van der Waals surface area contributed by atoms with E-state index < -0.39 is 23.2 Å². The Hall–Kier alpha value is -1.52. The fourth-order valence-electron chi connectivity index (χ4n) is 2.25. The smallest absolute Gasteiger partial charge is 0.408 e. The number of rotatable bonds is 3. The molecule has 0 bridgehead atoms. The lowest BCUT2D eigenvalue weighted by atomic mass is 9.81. The zero-order valence-electron chi connectivity index (χ0n) is 11.9. The lowest BCUT2D eigenvalue weighted by molar-refractivity contribution is -0.131. The Labute approximate surface area is 114 Å². The van der Waals surface area contributed by atoms with Crippen molar-refractivity contribution in [2.24, 2.45) is 0 Å². The topological polar surface area (TPSA) is 75.6 Å². The first-order valence-electron chi connectivity index (χ1n) is 6.66. The number of carbonyl (C=O) groups is 2. The predicted octanol–water partition coefficient (Wildman–Crippen LogP) is 2.85. The summed E-state index contributed by atoms with van der Waals surface area (Å²) in [4.78, 5) is 22.5. The maximum Gasteiger partial charge on any atom is 0.408 e. The summed E-state index contributed by atoms with van der Waals surface area (Å²) >= 11 is 0. The number of aliphatic carboxylic acids is 1. The molecule has 108 valence electrons. The van der Waals surface area contributed by atoms with Gasteiger partial charge in [0.15, 0.2) is 0 Å². The van der Waals surface area contributed by atoms with Gasteiger partial charge in [0.25, 0.3) is 0 Å². The largest absolute Gasteiger partial charge is 0.478 e. The second kappa shape index (κ2) is 6.08. The third-order valence-corrected chi connectivity index (χ3v) is 3.04. The van der Waals surface area contributed by atoms with Crippen LogP contribution >= 0.6 is 0 Å². The van der Waals surface area contributed by atoms with E-state index in [0.717, 1.165) is 38.2 Å². The minimum absolute atomic E-state index is 0.496. The van der Waals surface area contributed by atoms with Crippen molar-refractivity contribution in [2.45, 2.75) is 64.0 Å². The molecule has 0 unspecified atom stereocenters. The van der Waals surface area contributed by atoms with Gasteiger partial charge in [-0.25, -0.2) is 9.59 Å². The molecule has 1 amide bonds. The predicted molar refractivity (Wildman–Crippen MR) is 72.0 cm³/mol. The first kappa shape index (κ1) is 15.5. The van der Waals surface area contributed by atoms with E-state index >= 15 is 0 Å². The molecule has 1 rings (SSSR count). The van der Waals surface area contributed by atoms with Gasteiger partial charge in [-0.05, 0) is 33.6 Å². The normalized spacial score (nSPS) is 19.1. The Kier molecular flexibility index (Phi) is 4.97. The van der Waals surface area contributed by atoms with Gasteiger partial charge in [-0.15, -0.1) is 0 Å². The number of carboxylic acid groups (broad SMARTS) is 1. The second-order valence-corrected chi connectivity index (χ2v) is 6.02. The van der Waals surface area contributed by atoms with Crippen LogP contribution in [0.3, 0.4) is 0 Å². The zero-order chi connectivity index (χ0) is 14.5. The molecule has 1 aliphatic rings. The number of hydrogen-bond acceptors (Lipinski definition) is 3. The molecule has 2 N–H and O–H groups in total. The molecule has 1 saturated carbocycles. The summed E-state index contributed by atoms with van der Waals surface area (Å²) in [5, 5.41) is 11.6. The molecule has 1 aliphatic carbocycles. The van der Waals surface area contributed by atoms with E-state index in [1.807, 2.05) is 0 Å². The summed E-state index contributed by atoms with van der Waals surface area (Å²) in [6.07, 6.45) is 6.73.